The maximum Gasteiger partial charge on any atom is 0.306 e. The first-order chi connectivity index (χ1) is 12.0. The van der Waals surface area contributed by atoms with Gasteiger partial charge in [-0.25, -0.2) is 0 Å². The van der Waals surface area contributed by atoms with Crippen LogP contribution in [0.1, 0.15) is 16.9 Å². The molecule has 1 fully saturated rings. The van der Waals surface area contributed by atoms with E-state index in [4.69, 9.17) is 9.84 Å². The van der Waals surface area contributed by atoms with E-state index < -0.39 is 12.1 Å². The summed E-state index contributed by atoms with van der Waals surface area (Å²) in [6, 6.07) is 9.24. The molecule has 1 aliphatic heterocycles. The van der Waals surface area contributed by atoms with Gasteiger partial charge in [0.15, 0.2) is 0 Å². The molecule has 8 heteroatoms. The third-order valence-corrected chi connectivity index (χ3v) is 4.07. The number of carbonyl (C=O) groups is 3. The van der Waals surface area contributed by atoms with Crippen LogP contribution >= 0.6 is 0 Å². The fraction of sp³-hybridized carbons (Fsp3) is 0.353. The number of morpholine rings is 1. The fourth-order valence-electron chi connectivity index (χ4n) is 2.82. The van der Waals surface area contributed by atoms with Crippen molar-refractivity contribution >= 4 is 28.7 Å². The Labute approximate surface area is 143 Å². The minimum absolute atomic E-state index is 0.145. The van der Waals surface area contributed by atoms with Crippen molar-refractivity contribution in [2.24, 2.45) is 0 Å². The van der Waals surface area contributed by atoms with Crippen molar-refractivity contribution < 1.29 is 24.2 Å². The Bertz CT molecular complexity index is 767. The number of ether oxygens (including phenoxy) is 1. The SMILES string of the molecule is O=C(O)CC1CN(C(=O)CNC(=O)c2cc3ccccc3[nH]2)CCO1. The Morgan fingerprint density at radius 1 is 1.32 bits per heavy atom. The second-order valence-corrected chi connectivity index (χ2v) is 5.88. The van der Waals surface area contributed by atoms with Crippen molar-refractivity contribution in [2.75, 3.05) is 26.2 Å². The molecular formula is C17H19N3O5. The summed E-state index contributed by atoms with van der Waals surface area (Å²) in [5, 5.41) is 12.3. The van der Waals surface area contributed by atoms with Gasteiger partial charge in [-0.3, -0.25) is 14.4 Å². The number of benzene rings is 1. The highest BCUT2D eigenvalue weighted by Gasteiger charge is 2.26. The average Bonchev–Trinajstić information content (AvgIpc) is 3.03. The van der Waals surface area contributed by atoms with Gasteiger partial charge in [0.25, 0.3) is 5.91 Å². The van der Waals surface area contributed by atoms with E-state index in [-0.39, 0.29) is 31.3 Å². The number of hydrogen-bond acceptors (Lipinski definition) is 4. The Hall–Kier alpha value is -2.87. The van der Waals surface area contributed by atoms with Crippen LogP contribution in [0.4, 0.5) is 0 Å². The summed E-state index contributed by atoms with van der Waals surface area (Å²) in [7, 11) is 0. The van der Waals surface area contributed by atoms with Crippen molar-refractivity contribution in [1.82, 2.24) is 15.2 Å². The van der Waals surface area contributed by atoms with Crippen molar-refractivity contribution in [1.29, 1.82) is 0 Å². The van der Waals surface area contributed by atoms with Crippen molar-refractivity contribution in [2.45, 2.75) is 12.5 Å². The summed E-state index contributed by atoms with van der Waals surface area (Å²) in [6.45, 7) is 0.748. The molecule has 1 unspecified atom stereocenters. The van der Waals surface area contributed by atoms with Crippen LogP contribution in [0, 0.1) is 0 Å². The van der Waals surface area contributed by atoms with Crippen LogP contribution in [0.3, 0.4) is 0 Å². The second-order valence-electron chi connectivity index (χ2n) is 5.88. The lowest BCUT2D eigenvalue weighted by Crippen LogP contribution is -2.49. The Balaban J connectivity index is 1.54. The molecule has 0 saturated carbocycles. The van der Waals surface area contributed by atoms with Crippen LogP contribution in [-0.2, 0) is 14.3 Å². The number of rotatable bonds is 5. The number of aromatic amines is 1. The number of H-pyrrole nitrogens is 1. The zero-order valence-electron chi connectivity index (χ0n) is 13.5. The first-order valence-corrected chi connectivity index (χ1v) is 8.00. The lowest BCUT2D eigenvalue weighted by Gasteiger charge is -2.32. The molecular weight excluding hydrogens is 326 g/mol. The van der Waals surface area contributed by atoms with Crippen molar-refractivity contribution in [3.63, 3.8) is 0 Å². The lowest BCUT2D eigenvalue weighted by atomic mass is 10.2. The number of carboxylic acid groups (broad SMARTS) is 1. The molecule has 2 amide bonds. The van der Waals surface area contributed by atoms with E-state index in [9.17, 15) is 14.4 Å². The van der Waals surface area contributed by atoms with Crippen molar-refractivity contribution in [3.8, 4) is 0 Å². The smallest absolute Gasteiger partial charge is 0.306 e. The quantitative estimate of drug-likeness (QED) is 0.735. The molecule has 3 N–H and O–H groups in total. The highest BCUT2D eigenvalue weighted by atomic mass is 16.5. The summed E-state index contributed by atoms with van der Waals surface area (Å²) in [5.41, 5.74) is 1.24. The number of fused-ring (bicyclic) bond motifs is 1. The summed E-state index contributed by atoms with van der Waals surface area (Å²) in [4.78, 5) is 39.7. The molecule has 0 radical (unpaired) electrons. The molecule has 1 aromatic carbocycles. The summed E-state index contributed by atoms with van der Waals surface area (Å²) in [6.07, 6.45) is -0.662. The number of carboxylic acids is 1. The molecule has 25 heavy (non-hydrogen) atoms. The van der Waals surface area contributed by atoms with Gasteiger partial charge in [-0.05, 0) is 12.1 Å². The molecule has 8 nitrogen and oxygen atoms in total. The van der Waals surface area contributed by atoms with E-state index in [0.29, 0.717) is 18.8 Å². The first-order valence-electron chi connectivity index (χ1n) is 8.00. The Kier molecular flexibility index (Phi) is 4.99. The first kappa shape index (κ1) is 17.0. The van der Waals surface area contributed by atoms with E-state index >= 15 is 0 Å². The third kappa shape index (κ3) is 4.16. The molecule has 0 spiro atoms. The van der Waals surface area contributed by atoms with Gasteiger partial charge in [-0.2, -0.15) is 0 Å². The maximum atomic E-state index is 12.2. The number of para-hydroxylation sites is 1. The number of carbonyl (C=O) groups excluding carboxylic acids is 2. The highest BCUT2D eigenvalue weighted by Crippen LogP contribution is 2.14. The third-order valence-electron chi connectivity index (χ3n) is 4.07. The van der Waals surface area contributed by atoms with Gasteiger partial charge in [0.05, 0.1) is 25.7 Å². The lowest BCUT2D eigenvalue weighted by molar-refractivity contribution is -0.147. The molecule has 1 aromatic heterocycles. The predicted octanol–water partition coefficient (Wildman–Crippen LogP) is 0.600. The number of amides is 2. The van der Waals surface area contributed by atoms with Crippen LogP contribution in [-0.4, -0.2) is 65.1 Å². The average molecular weight is 345 g/mol. The number of hydrogen-bond donors (Lipinski definition) is 3. The van der Waals surface area contributed by atoms with Crippen LogP contribution in [0.2, 0.25) is 0 Å². The summed E-state index contributed by atoms with van der Waals surface area (Å²) >= 11 is 0. The van der Waals surface area contributed by atoms with Crippen LogP contribution in [0.25, 0.3) is 10.9 Å². The van der Waals surface area contributed by atoms with E-state index in [1.807, 2.05) is 24.3 Å². The van der Waals surface area contributed by atoms with Gasteiger partial charge >= 0.3 is 5.97 Å². The monoisotopic (exact) mass is 345 g/mol. The number of nitrogens with one attached hydrogen (secondary N) is 2. The minimum Gasteiger partial charge on any atom is -0.481 e. The molecule has 2 heterocycles. The second kappa shape index (κ2) is 7.35. The Morgan fingerprint density at radius 3 is 2.88 bits per heavy atom. The van der Waals surface area contributed by atoms with Gasteiger partial charge in [-0.15, -0.1) is 0 Å². The van der Waals surface area contributed by atoms with Crippen LogP contribution < -0.4 is 5.32 Å². The van der Waals surface area contributed by atoms with E-state index in [1.54, 1.807) is 6.07 Å². The molecule has 1 saturated heterocycles. The van der Waals surface area contributed by atoms with Crippen LogP contribution in [0.5, 0.6) is 0 Å². The van der Waals surface area contributed by atoms with Gasteiger partial charge in [0, 0.05) is 24.0 Å². The van der Waals surface area contributed by atoms with Gasteiger partial charge < -0.3 is 25.0 Å². The molecule has 1 aliphatic rings. The van der Waals surface area contributed by atoms with Gasteiger partial charge in [0.2, 0.25) is 5.91 Å². The van der Waals surface area contributed by atoms with E-state index in [0.717, 1.165) is 10.9 Å². The zero-order valence-corrected chi connectivity index (χ0v) is 13.5. The topological polar surface area (TPSA) is 112 Å². The molecule has 132 valence electrons. The summed E-state index contributed by atoms with van der Waals surface area (Å²) < 4.78 is 5.33. The molecule has 0 bridgehead atoms. The largest absolute Gasteiger partial charge is 0.481 e. The molecule has 1 atom stereocenters. The predicted molar refractivity (Wildman–Crippen MR) is 89.2 cm³/mol. The number of nitrogens with zero attached hydrogens (tertiary/aromatic N) is 1. The number of aromatic nitrogens is 1. The van der Waals surface area contributed by atoms with E-state index in [1.165, 1.54) is 4.90 Å². The van der Waals surface area contributed by atoms with Crippen LogP contribution in [0.15, 0.2) is 30.3 Å². The standard InChI is InChI=1S/C17H19N3O5/c21-15(20-5-6-25-12(10-20)8-16(22)23)9-18-17(24)14-7-11-3-1-2-4-13(11)19-14/h1-4,7,12,19H,5-6,8-10H2,(H,18,24)(H,22,23). The summed E-state index contributed by atoms with van der Waals surface area (Å²) in [5.74, 6) is -1.59. The van der Waals surface area contributed by atoms with Crippen molar-refractivity contribution in [3.05, 3.63) is 36.0 Å². The number of aliphatic carboxylic acids is 1. The zero-order chi connectivity index (χ0) is 17.8. The van der Waals surface area contributed by atoms with Gasteiger partial charge in [0.1, 0.15) is 5.69 Å². The molecule has 0 aliphatic carbocycles. The minimum atomic E-state index is -0.966. The Morgan fingerprint density at radius 2 is 2.12 bits per heavy atom. The fourth-order valence-corrected chi connectivity index (χ4v) is 2.82. The normalized spacial score (nSPS) is 17.4. The molecule has 2 aromatic rings. The maximum absolute atomic E-state index is 12.2. The molecule has 3 rings (SSSR count). The van der Waals surface area contributed by atoms with Gasteiger partial charge in [-0.1, -0.05) is 18.2 Å². The highest BCUT2D eigenvalue weighted by molar-refractivity contribution is 5.99. The van der Waals surface area contributed by atoms with E-state index in [2.05, 4.69) is 10.3 Å².